The molecule has 0 fully saturated rings. The molecule has 0 saturated heterocycles. The summed E-state index contributed by atoms with van der Waals surface area (Å²) in [6.07, 6.45) is 1.07. The number of hydrogen-bond donors (Lipinski definition) is 3. The molecule has 0 aliphatic rings. The Morgan fingerprint density at radius 3 is 2.39 bits per heavy atom. The molecule has 1 atom stereocenters. The predicted molar refractivity (Wildman–Crippen MR) is 130 cm³/mol. The summed E-state index contributed by atoms with van der Waals surface area (Å²) in [5, 5.41) is 21.4. The Kier molecular flexibility index (Phi) is 10.8. The number of methoxy groups -OCH3 is 2. The highest BCUT2D eigenvalue weighted by Gasteiger charge is 2.19. The van der Waals surface area contributed by atoms with E-state index in [1.165, 1.54) is 38.6 Å². The molecule has 192 valence electrons. The van der Waals surface area contributed by atoms with Crippen molar-refractivity contribution in [1.29, 1.82) is 0 Å². The standard InChI is InChI=1S/C19H21FN2O6.C6H5ClO/c1-11(8-12-4-5-13(20)9-15(12)27-3)28-16(23)10-22-19(25)17-18(24)14(26-2)6-7-21-17;7-5-3-1-2-4-6(5)8/h4-7,9,11,24H,8,10H2,1-3H3,(H,22,25);1-4,8H. The van der Waals surface area contributed by atoms with E-state index in [9.17, 15) is 19.1 Å². The molecule has 11 heteroatoms. The van der Waals surface area contributed by atoms with Crippen molar-refractivity contribution < 1.29 is 38.4 Å². The number of esters is 1. The molecule has 0 aliphatic carbocycles. The third kappa shape index (κ3) is 8.31. The number of para-hydroxylation sites is 1. The van der Waals surface area contributed by atoms with E-state index in [1.807, 2.05) is 0 Å². The summed E-state index contributed by atoms with van der Waals surface area (Å²) in [7, 11) is 2.76. The second kappa shape index (κ2) is 13.7. The van der Waals surface area contributed by atoms with Crippen molar-refractivity contribution in [3.63, 3.8) is 0 Å². The monoisotopic (exact) mass is 520 g/mol. The Morgan fingerprint density at radius 2 is 1.78 bits per heavy atom. The number of aromatic nitrogens is 1. The van der Waals surface area contributed by atoms with Gasteiger partial charge in [0.15, 0.2) is 17.2 Å². The van der Waals surface area contributed by atoms with E-state index >= 15 is 0 Å². The number of halogens is 2. The molecule has 2 aromatic carbocycles. The van der Waals surface area contributed by atoms with Crippen LogP contribution >= 0.6 is 11.6 Å². The topological polar surface area (TPSA) is 127 Å². The van der Waals surface area contributed by atoms with Gasteiger partial charge in [0, 0.05) is 24.8 Å². The number of carbonyl (C=O) groups is 2. The van der Waals surface area contributed by atoms with Gasteiger partial charge >= 0.3 is 5.97 Å². The summed E-state index contributed by atoms with van der Waals surface area (Å²) in [4.78, 5) is 27.8. The maximum atomic E-state index is 13.2. The zero-order valence-corrected chi connectivity index (χ0v) is 20.6. The molecule has 0 saturated carbocycles. The third-order valence-corrected chi connectivity index (χ3v) is 4.98. The van der Waals surface area contributed by atoms with Gasteiger partial charge in [-0.1, -0.05) is 29.8 Å². The van der Waals surface area contributed by atoms with Crippen molar-refractivity contribution in [1.82, 2.24) is 10.3 Å². The van der Waals surface area contributed by atoms with E-state index in [2.05, 4.69) is 10.3 Å². The van der Waals surface area contributed by atoms with Gasteiger partial charge in [0.05, 0.1) is 19.2 Å². The first kappa shape index (κ1) is 28.2. The molecule has 0 spiro atoms. The van der Waals surface area contributed by atoms with Crippen LogP contribution in [-0.4, -0.2) is 53.9 Å². The Hall–Kier alpha value is -4.05. The lowest BCUT2D eigenvalue weighted by molar-refractivity contribution is -0.146. The smallest absolute Gasteiger partial charge is 0.325 e. The number of phenolic OH excluding ortho intramolecular Hbond substituents is 1. The molecule has 0 bridgehead atoms. The summed E-state index contributed by atoms with van der Waals surface area (Å²) < 4.78 is 28.5. The molecule has 1 aromatic heterocycles. The van der Waals surface area contributed by atoms with Crippen LogP contribution in [0, 0.1) is 5.82 Å². The lowest BCUT2D eigenvalue weighted by Crippen LogP contribution is -2.33. The number of amides is 1. The highest BCUT2D eigenvalue weighted by Crippen LogP contribution is 2.27. The van der Waals surface area contributed by atoms with Gasteiger partial charge in [-0.3, -0.25) is 9.59 Å². The van der Waals surface area contributed by atoms with Gasteiger partial charge in [0.25, 0.3) is 5.91 Å². The summed E-state index contributed by atoms with van der Waals surface area (Å²) in [6.45, 7) is 1.25. The van der Waals surface area contributed by atoms with Gasteiger partial charge < -0.3 is 29.7 Å². The summed E-state index contributed by atoms with van der Waals surface area (Å²) in [5.41, 5.74) is 0.412. The zero-order valence-electron chi connectivity index (χ0n) is 19.8. The molecular weight excluding hydrogens is 495 g/mol. The third-order valence-electron chi connectivity index (χ3n) is 4.66. The number of nitrogens with one attached hydrogen (secondary N) is 1. The molecule has 0 aliphatic heterocycles. The Bertz CT molecular complexity index is 1170. The fourth-order valence-corrected chi connectivity index (χ4v) is 3.10. The van der Waals surface area contributed by atoms with E-state index in [1.54, 1.807) is 37.3 Å². The van der Waals surface area contributed by atoms with Gasteiger partial charge in [0.2, 0.25) is 0 Å². The lowest BCUT2D eigenvalue weighted by Gasteiger charge is -2.16. The molecule has 9 nitrogen and oxygen atoms in total. The predicted octanol–water partition coefficient (Wildman–Crippen LogP) is 3.89. The molecular formula is C25H26ClFN2O7. The lowest BCUT2D eigenvalue weighted by atomic mass is 10.1. The van der Waals surface area contributed by atoms with Crippen LogP contribution < -0.4 is 14.8 Å². The second-order valence-corrected chi connectivity index (χ2v) is 7.71. The maximum absolute atomic E-state index is 13.2. The van der Waals surface area contributed by atoms with Crippen molar-refractivity contribution in [2.45, 2.75) is 19.4 Å². The number of carbonyl (C=O) groups excluding carboxylic acids is 2. The van der Waals surface area contributed by atoms with Gasteiger partial charge in [-0.2, -0.15) is 0 Å². The van der Waals surface area contributed by atoms with Gasteiger partial charge in [0.1, 0.15) is 30.0 Å². The normalized spacial score (nSPS) is 10.9. The maximum Gasteiger partial charge on any atom is 0.325 e. The van der Waals surface area contributed by atoms with Crippen LogP contribution in [0.5, 0.6) is 23.0 Å². The molecule has 3 aromatic rings. The van der Waals surface area contributed by atoms with E-state index < -0.39 is 36.1 Å². The Balaban J connectivity index is 0.000000482. The van der Waals surface area contributed by atoms with Crippen LogP contribution in [0.1, 0.15) is 23.0 Å². The Labute approximate surface area is 212 Å². The van der Waals surface area contributed by atoms with E-state index in [0.717, 1.165) is 0 Å². The number of phenols is 1. The number of rotatable bonds is 8. The molecule has 1 amide bonds. The van der Waals surface area contributed by atoms with Gasteiger partial charge in [-0.15, -0.1) is 0 Å². The summed E-state index contributed by atoms with van der Waals surface area (Å²) in [6, 6.07) is 12.2. The second-order valence-electron chi connectivity index (χ2n) is 7.31. The number of pyridine rings is 1. The highest BCUT2D eigenvalue weighted by atomic mass is 35.5. The Morgan fingerprint density at radius 1 is 1.08 bits per heavy atom. The number of nitrogens with zero attached hydrogens (tertiary/aromatic N) is 1. The first-order valence-corrected chi connectivity index (χ1v) is 11.0. The molecule has 3 N–H and O–H groups in total. The van der Waals surface area contributed by atoms with Crippen LogP contribution in [0.4, 0.5) is 4.39 Å². The fourth-order valence-electron chi connectivity index (χ4n) is 2.96. The van der Waals surface area contributed by atoms with Crippen LogP contribution in [0.25, 0.3) is 0 Å². The van der Waals surface area contributed by atoms with Crippen LogP contribution in [0.2, 0.25) is 5.02 Å². The summed E-state index contributed by atoms with van der Waals surface area (Å²) >= 11 is 5.46. The minimum absolute atomic E-state index is 0.0876. The number of aromatic hydroxyl groups is 2. The fraction of sp³-hybridized carbons (Fsp3) is 0.240. The van der Waals surface area contributed by atoms with Crippen molar-refractivity contribution >= 4 is 23.5 Å². The van der Waals surface area contributed by atoms with E-state index in [-0.39, 0.29) is 17.2 Å². The number of ether oxygens (including phenoxy) is 3. The largest absolute Gasteiger partial charge is 0.506 e. The van der Waals surface area contributed by atoms with Crippen molar-refractivity contribution in [3.05, 3.63) is 76.8 Å². The van der Waals surface area contributed by atoms with Gasteiger partial charge in [-0.25, -0.2) is 9.37 Å². The molecule has 36 heavy (non-hydrogen) atoms. The first-order valence-electron chi connectivity index (χ1n) is 10.6. The molecule has 1 unspecified atom stereocenters. The van der Waals surface area contributed by atoms with Crippen LogP contribution in [0.15, 0.2) is 54.7 Å². The van der Waals surface area contributed by atoms with Gasteiger partial charge in [-0.05, 0) is 30.7 Å². The minimum Gasteiger partial charge on any atom is -0.506 e. The van der Waals surface area contributed by atoms with E-state index in [0.29, 0.717) is 22.8 Å². The minimum atomic E-state index is -0.749. The average molecular weight is 521 g/mol. The number of benzene rings is 2. The van der Waals surface area contributed by atoms with Crippen molar-refractivity contribution in [2.75, 3.05) is 20.8 Å². The van der Waals surface area contributed by atoms with Crippen LogP contribution in [-0.2, 0) is 16.0 Å². The summed E-state index contributed by atoms with van der Waals surface area (Å²) in [5.74, 6) is -1.70. The zero-order chi connectivity index (χ0) is 26.7. The SMILES string of the molecule is COc1cc(F)ccc1CC(C)OC(=O)CNC(=O)c1nccc(OC)c1O.Oc1ccccc1Cl. The molecule has 1 heterocycles. The van der Waals surface area contributed by atoms with Crippen LogP contribution in [0.3, 0.4) is 0 Å². The van der Waals surface area contributed by atoms with Crippen molar-refractivity contribution in [2.24, 2.45) is 0 Å². The van der Waals surface area contributed by atoms with Crippen molar-refractivity contribution in [3.8, 4) is 23.0 Å². The quantitative estimate of drug-likeness (QED) is 0.382. The van der Waals surface area contributed by atoms with E-state index in [4.69, 9.17) is 30.9 Å². The highest BCUT2D eigenvalue weighted by molar-refractivity contribution is 6.31. The first-order chi connectivity index (χ1) is 17.2. The average Bonchev–Trinajstić information content (AvgIpc) is 2.86. The number of hydrogen-bond acceptors (Lipinski definition) is 8. The molecule has 3 rings (SSSR count). The molecule has 0 radical (unpaired) electrons.